The van der Waals surface area contributed by atoms with Gasteiger partial charge in [0.2, 0.25) is 11.8 Å². The molecule has 0 aliphatic rings. The first kappa shape index (κ1) is 52.1. The van der Waals surface area contributed by atoms with Crippen molar-refractivity contribution in [2.24, 2.45) is 0 Å². The van der Waals surface area contributed by atoms with Gasteiger partial charge >= 0.3 is 11.9 Å². The molecule has 0 saturated heterocycles. The Bertz CT molecular complexity index is 1050. The number of esters is 1. The monoisotopic (exact) mass is 787 g/mol. The summed E-state index contributed by atoms with van der Waals surface area (Å²) in [6, 6.07) is -0.884. The molecule has 0 rings (SSSR count). The summed E-state index contributed by atoms with van der Waals surface area (Å²) < 4.78 is 26.3. The second-order valence-corrected chi connectivity index (χ2v) is 15.1. The zero-order valence-electron chi connectivity index (χ0n) is 34.5. The molecular weight excluding hydrogens is 712 g/mol. The third-order valence-corrected chi connectivity index (χ3v) is 8.44. The number of hydrogen-bond acceptors (Lipinski definition) is 11. The summed E-state index contributed by atoms with van der Waals surface area (Å²) in [4.78, 5) is 71.2. The van der Waals surface area contributed by atoms with Gasteiger partial charge in [-0.05, 0) is 53.4 Å². The highest BCUT2D eigenvalue weighted by Gasteiger charge is 2.27. The van der Waals surface area contributed by atoms with Gasteiger partial charge in [-0.25, -0.2) is 9.59 Å². The number of carboxylic acid groups (broad SMARTS) is 1. The van der Waals surface area contributed by atoms with E-state index in [0.29, 0.717) is 25.2 Å². The van der Waals surface area contributed by atoms with Crippen molar-refractivity contribution in [1.82, 2.24) is 10.6 Å². The van der Waals surface area contributed by atoms with Crippen LogP contribution in [0.25, 0.3) is 0 Å². The minimum absolute atomic E-state index is 0.0337. The number of carbonyl (C=O) groups is 6. The maximum Gasteiger partial charge on any atom is 0.329 e. The molecule has 0 radical (unpaired) electrons. The fourth-order valence-corrected chi connectivity index (χ4v) is 5.55. The number of carbonyl (C=O) groups excluding carboxylic acids is 5. The van der Waals surface area contributed by atoms with E-state index >= 15 is 0 Å². The Morgan fingerprint density at radius 1 is 0.545 bits per heavy atom. The van der Waals surface area contributed by atoms with Gasteiger partial charge in [0.25, 0.3) is 0 Å². The molecule has 0 spiro atoms. The zero-order chi connectivity index (χ0) is 41.0. The molecule has 0 heterocycles. The summed E-state index contributed by atoms with van der Waals surface area (Å²) in [5, 5.41) is 13.9. The molecule has 3 N–H and O–H groups in total. The highest BCUT2D eigenvalue weighted by atomic mass is 16.6. The number of rotatable bonds is 39. The second kappa shape index (κ2) is 35.5. The minimum Gasteiger partial charge on any atom is -0.480 e. The third kappa shape index (κ3) is 39.1. The molecule has 0 aromatic carbocycles. The van der Waals surface area contributed by atoms with Crippen LogP contribution in [-0.4, -0.2) is 111 Å². The first-order valence-electron chi connectivity index (χ1n) is 20.6. The summed E-state index contributed by atoms with van der Waals surface area (Å²) in [5.41, 5.74) is -0.718. The predicted octanol–water partition coefficient (Wildman–Crippen LogP) is 6.04. The molecule has 55 heavy (non-hydrogen) atoms. The van der Waals surface area contributed by atoms with E-state index in [4.69, 9.17) is 28.8 Å². The summed E-state index contributed by atoms with van der Waals surface area (Å²) in [6.07, 6.45) is 18.4. The summed E-state index contributed by atoms with van der Waals surface area (Å²) in [6.45, 7) is 8.19. The fourth-order valence-electron chi connectivity index (χ4n) is 5.55. The molecule has 0 aromatic rings. The lowest BCUT2D eigenvalue weighted by Crippen LogP contribution is -2.44. The fraction of sp³-hybridized carbons (Fsp3) is 0.854. The first-order valence-corrected chi connectivity index (χ1v) is 20.6. The summed E-state index contributed by atoms with van der Waals surface area (Å²) >= 11 is 0. The van der Waals surface area contributed by atoms with E-state index in [2.05, 4.69) is 10.6 Å². The van der Waals surface area contributed by atoms with E-state index in [0.717, 1.165) is 44.9 Å². The molecule has 320 valence electrons. The lowest BCUT2D eigenvalue weighted by molar-refractivity contribution is -0.159. The molecule has 0 fully saturated rings. The van der Waals surface area contributed by atoms with Crippen molar-refractivity contribution in [2.75, 3.05) is 59.4 Å². The number of unbranched alkanes of at least 4 members (excludes halogenated alkanes) is 13. The lowest BCUT2D eigenvalue weighted by Gasteiger charge is -2.24. The largest absolute Gasteiger partial charge is 0.480 e. The Morgan fingerprint density at radius 3 is 1.56 bits per heavy atom. The number of ketones is 2. The van der Waals surface area contributed by atoms with E-state index < -0.39 is 23.6 Å². The van der Waals surface area contributed by atoms with Gasteiger partial charge < -0.3 is 44.2 Å². The lowest BCUT2D eigenvalue weighted by atomic mass is 10.0. The Hall–Kier alpha value is -2.94. The molecule has 1 atom stereocenters. The number of aliphatic carboxylic acids is 1. The van der Waals surface area contributed by atoms with Crippen LogP contribution >= 0.6 is 0 Å². The third-order valence-electron chi connectivity index (χ3n) is 8.44. The van der Waals surface area contributed by atoms with Gasteiger partial charge in [-0.15, -0.1) is 0 Å². The van der Waals surface area contributed by atoms with Crippen LogP contribution in [0.3, 0.4) is 0 Å². The summed E-state index contributed by atoms with van der Waals surface area (Å²) in [5.74, 6) is -1.84. The van der Waals surface area contributed by atoms with Crippen molar-refractivity contribution in [3.05, 3.63) is 0 Å². The SMILES string of the molecule is CC(=O)CCCCCCCCCCCCCCCCC(=O)NC(CCC(=O)CCCOCCOCC(=O)NCCOCCOCC(=O)O)C(=O)OC(C)(C)C. The molecule has 0 aromatic heterocycles. The van der Waals surface area contributed by atoms with Gasteiger partial charge in [0.05, 0.1) is 33.0 Å². The number of ether oxygens (including phenoxy) is 5. The average Bonchev–Trinajstić information content (AvgIpc) is 3.11. The zero-order valence-corrected chi connectivity index (χ0v) is 34.5. The van der Waals surface area contributed by atoms with Crippen LogP contribution < -0.4 is 10.6 Å². The smallest absolute Gasteiger partial charge is 0.329 e. The number of amides is 2. The maximum absolute atomic E-state index is 12.9. The Kier molecular flexibility index (Phi) is 33.6. The van der Waals surface area contributed by atoms with E-state index in [1.807, 2.05) is 0 Å². The van der Waals surface area contributed by atoms with Gasteiger partial charge in [0.15, 0.2) is 0 Å². The molecule has 0 bridgehead atoms. The van der Waals surface area contributed by atoms with Gasteiger partial charge in [-0.1, -0.05) is 77.0 Å². The topological polar surface area (TPSA) is 193 Å². The van der Waals surface area contributed by atoms with E-state index in [-0.39, 0.29) is 89.7 Å². The van der Waals surface area contributed by atoms with Crippen LogP contribution in [0.1, 0.15) is 156 Å². The molecule has 0 aliphatic heterocycles. The van der Waals surface area contributed by atoms with Crippen molar-refractivity contribution in [3.8, 4) is 0 Å². The van der Waals surface area contributed by atoms with Crippen LogP contribution in [0.15, 0.2) is 0 Å². The standard InChI is InChI=1S/C41H74N2O12/c1-34(44)20-17-15-13-11-9-7-5-6-8-10-12-14-16-18-22-37(46)43-36(40(50)55-41(2,3)4)24-23-35(45)21-19-26-51-28-30-53-32-38(47)42-25-27-52-29-31-54-33-39(48)49/h36H,5-33H2,1-4H3,(H,42,47)(H,43,46)(H,48,49). The normalized spacial score (nSPS) is 11.9. The van der Waals surface area contributed by atoms with Gasteiger partial charge in [-0.3, -0.25) is 14.4 Å². The molecule has 2 amide bonds. The molecule has 0 aliphatic carbocycles. The Balaban J connectivity index is 4.02. The van der Waals surface area contributed by atoms with Crippen LogP contribution in [0, 0.1) is 0 Å². The van der Waals surface area contributed by atoms with Crippen LogP contribution in [0.4, 0.5) is 0 Å². The number of Topliss-reactive ketones (excluding diaryl/α,β-unsaturated/α-hetero) is 2. The van der Waals surface area contributed by atoms with Crippen molar-refractivity contribution >= 4 is 35.3 Å². The quantitative estimate of drug-likeness (QED) is 0.0484. The van der Waals surface area contributed by atoms with E-state index in [1.54, 1.807) is 27.7 Å². The van der Waals surface area contributed by atoms with E-state index in [9.17, 15) is 28.8 Å². The number of nitrogens with one attached hydrogen (secondary N) is 2. The van der Waals surface area contributed by atoms with Crippen LogP contribution in [-0.2, 0) is 52.5 Å². The van der Waals surface area contributed by atoms with Crippen molar-refractivity contribution < 1.29 is 57.6 Å². The molecule has 0 saturated carbocycles. The van der Waals surface area contributed by atoms with Crippen molar-refractivity contribution in [2.45, 2.75) is 168 Å². The average molecular weight is 787 g/mol. The van der Waals surface area contributed by atoms with Gasteiger partial charge in [0.1, 0.15) is 36.4 Å². The summed E-state index contributed by atoms with van der Waals surface area (Å²) in [7, 11) is 0. The van der Waals surface area contributed by atoms with E-state index in [1.165, 1.54) is 51.4 Å². The number of carboxylic acids is 1. The van der Waals surface area contributed by atoms with Crippen molar-refractivity contribution in [1.29, 1.82) is 0 Å². The van der Waals surface area contributed by atoms with Crippen LogP contribution in [0.5, 0.6) is 0 Å². The first-order chi connectivity index (χ1) is 26.3. The molecule has 14 nitrogen and oxygen atoms in total. The maximum atomic E-state index is 12.9. The molecule has 1 unspecified atom stereocenters. The molecule has 14 heteroatoms. The van der Waals surface area contributed by atoms with Crippen molar-refractivity contribution in [3.63, 3.8) is 0 Å². The second-order valence-electron chi connectivity index (χ2n) is 15.1. The van der Waals surface area contributed by atoms with Gasteiger partial charge in [-0.2, -0.15) is 0 Å². The Labute approximate surface area is 330 Å². The minimum atomic E-state index is -1.05. The van der Waals surface area contributed by atoms with Crippen LogP contribution in [0.2, 0.25) is 0 Å². The highest BCUT2D eigenvalue weighted by molar-refractivity contribution is 5.85. The number of hydrogen-bond donors (Lipinski definition) is 3. The molecular formula is C41H74N2O12. The predicted molar refractivity (Wildman–Crippen MR) is 210 cm³/mol. The van der Waals surface area contributed by atoms with Gasteiger partial charge in [0, 0.05) is 38.8 Å². The Morgan fingerprint density at radius 2 is 1.04 bits per heavy atom. The highest BCUT2D eigenvalue weighted by Crippen LogP contribution is 2.15.